The number of hydrogen-bond donors (Lipinski definition) is 1. The molecular weight excluding hydrogens is 280 g/mol. The van der Waals surface area contributed by atoms with Crippen molar-refractivity contribution in [2.75, 3.05) is 0 Å². The smallest absolute Gasteiger partial charge is 0.270 e. The number of rotatable bonds is 3. The minimum absolute atomic E-state index is 0.168. The topological polar surface area (TPSA) is 80.9 Å². The molecular formula is C13H9ClN4O2. The molecule has 0 bridgehead atoms. The van der Waals surface area contributed by atoms with Crippen LogP contribution < -0.4 is 5.32 Å². The van der Waals surface area contributed by atoms with Gasteiger partial charge in [-0.1, -0.05) is 41.0 Å². The summed E-state index contributed by atoms with van der Waals surface area (Å²) in [6, 6.07) is 9.16. The van der Waals surface area contributed by atoms with Gasteiger partial charge in [0.05, 0.1) is 6.54 Å². The molecule has 1 aromatic carbocycles. The lowest BCUT2D eigenvalue weighted by Crippen LogP contribution is -2.24. The van der Waals surface area contributed by atoms with Crippen molar-refractivity contribution in [3.8, 4) is 0 Å². The first-order valence-electron chi connectivity index (χ1n) is 5.83. The van der Waals surface area contributed by atoms with Crippen molar-refractivity contribution in [1.29, 1.82) is 0 Å². The van der Waals surface area contributed by atoms with Crippen molar-refractivity contribution in [3.63, 3.8) is 0 Å². The second-order valence-electron chi connectivity index (χ2n) is 4.05. The van der Waals surface area contributed by atoms with Gasteiger partial charge < -0.3 is 9.84 Å². The van der Waals surface area contributed by atoms with E-state index in [1.165, 1.54) is 6.39 Å². The molecule has 0 radical (unpaired) electrons. The number of halogens is 1. The number of carbonyl (C=O) groups is 1. The van der Waals surface area contributed by atoms with E-state index in [2.05, 4.69) is 25.0 Å². The summed E-state index contributed by atoms with van der Waals surface area (Å²) in [5.74, 6) is 0.0488. The Bertz CT molecular complexity index is 758. The monoisotopic (exact) mass is 288 g/mol. The molecule has 0 aliphatic rings. The maximum atomic E-state index is 12.0. The highest BCUT2D eigenvalue weighted by molar-refractivity contribution is 6.34. The van der Waals surface area contributed by atoms with Crippen molar-refractivity contribution in [3.05, 3.63) is 53.4 Å². The minimum atomic E-state index is -0.345. The molecule has 0 unspecified atom stereocenters. The Morgan fingerprint density at radius 2 is 2.20 bits per heavy atom. The maximum Gasteiger partial charge on any atom is 0.270 e. The largest absolute Gasteiger partial charge is 0.343 e. The van der Waals surface area contributed by atoms with Gasteiger partial charge in [0.1, 0.15) is 10.8 Å². The average molecular weight is 289 g/mol. The van der Waals surface area contributed by atoms with Crippen LogP contribution >= 0.6 is 11.6 Å². The summed E-state index contributed by atoms with van der Waals surface area (Å²) < 4.78 is 4.58. The highest BCUT2D eigenvalue weighted by atomic mass is 35.5. The molecule has 3 rings (SSSR count). The molecule has 1 amide bonds. The molecule has 0 aliphatic carbocycles. The predicted molar refractivity (Wildman–Crippen MR) is 72.2 cm³/mol. The van der Waals surface area contributed by atoms with Crippen LogP contribution in [0.5, 0.6) is 0 Å². The van der Waals surface area contributed by atoms with E-state index < -0.39 is 0 Å². The first-order chi connectivity index (χ1) is 9.74. The highest BCUT2D eigenvalue weighted by Crippen LogP contribution is 2.22. The lowest BCUT2D eigenvalue weighted by atomic mass is 10.1. The number of carbonyl (C=O) groups excluding carboxylic acids is 1. The molecule has 0 spiro atoms. The van der Waals surface area contributed by atoms with Crippen LogP contribution in [0.1, 0.15) is 16.3 Å². The standard InChI is InChI=1S/C13H9ClN4O2/c14-12-9-4-2-1-3-8(9)5-10(17-12)13(19)15-6-11-16-7-20-18-11/h1-5,7H,6H2,(H,15,19). The second kappa shape index (κ2) is 5.26. The molecule has 3 aromatic rings. The molecule has 0 fully saturated rings. The molecule has 2 heterocycles. The van der Waals surface area contributed by atoms with Gasteiger partial charge in [-0.15, -0.1) is 0 Å². The fourth-order valence-corrected chi connectivity index (χ4v) is 2.06. The van der Waals surface area contributed by atoms with E-state index in [9.17, 15) is 4.79 Å². The minimum Gasteiger partial charge on any atom is -0.343 e. The molecule has 100 valence electrons. The molecule has 2 aromatic heterocycles. The highest BCUT2D eigenvalue weighted by Gasteiger charge is 2.11. The predicted octanol–water partition coefficient (Wildman–Crippen LogP) is 2.20. The van der Waals surface area contributed by atoms with E-state index in [-0.39, 0.29) is 18.1 Å². The van der Waals surface area contributed by atoms with E-state index in [0.717, 1.165) is 10.8 Å². The summed E-state index contributed by atoms with van der Waals surface area (Å²) in [5.41, 5.74) is 0.247. The van der Waals surface area contributed by atoms with Crippen LogP contribution in [0.4, 0.5) is 0 Å². The molecule has 1 N–H and O–H groups in total. The Hall–Kier alpha value is -2.47. The summed E-state index contributed by atoms with van der Waals surface area (Å²) in [6.45, 7) is 0.168. The summed E-state index contributed by atoms with van der Waals surface area (Å²) in [6.07, 6.45) is 1.20. The number of hydrogen-bond acceptors (Lipinski definition) is 5. The van der Waals surface area contributed by atoms with Crippen molar-refractivity contribution in [1.82, 2.24) is 20.4 Å². The maximum absolute atomic E-state index is 12.0. The Balaban J connectivity index is 1.84. The summed E-state index contributed by atoms with van der Waals surface area (Å²) >= 11 is 6.08. The van der Waals surface area contributed by atoms with Gasteiger partial charge in [-0.2, -0.15) is 4.98 Å². The van der Waals surface area contributed by atoms with Gasteiger partial charge in [-0.05, 0) is 11.5 Å². The van der Waals surface area contributed by atoms with Crippen molar-refractivity contribution in [2.45, 2.75) is 6.54 Å². The normalized spacial score (nSPS) is 10.7. The Morgan fingerprint density at radius 3 is 3.00 bits per heavy atom. The Labute approximate surface area is 118 Å². The first-order valence-corrected chi connectivity index (χ1v) is 6.20. The van der Waals surface area contributed by atoms with Crippen LogP contribution in [0.3, 0.4) is 0 Å². The van der Waals surface area contributed by atoms with E-state index in [0.29, 0.717) is 11.0 Å². The van der Waals surface area contributed by atoms with E-state index >= 15 is 0 Å². The number of nitrogens with zero attached hydrogens (tertiary/aromatic N) is 3. The number of pyridine rings is 1. The quantitative estimate of drug-likeness (QED) is 0.747. The Kier molecular flexibility index (Phi) is 3.30. The second-order valence-corrected chi connectivity index (χ2v) is 4.41. The number of nitrogens with one attached hydrogen (secondary N) is 1. The summed E-state index contributed by atoms with van der Waals surface area (Å²) in [5, 5.41) is 8.22. The SMILES string of the molecule is O=C(NCc1ncon1)c1cc2ccccc2c(Cl)n1. The molecule has 0 saturated carbocycles. The van der Waals surface area contributed by atoms with Crippen LogP contribution in [0.25, 0.3) is 10.8 Å². The van der Waals surface area contributed by atoms with E-state index in [1.54, 1.807) is 6.07 Å². The zero-order valence-electron chi connectivity index (χ0n) is 10.2. The molecule has 20 heavy (non-hydrogen) atoms. The summed E-state index contributed by atoms with van der Waals surface area (Å²) in [4.78, 5) is 19.9. The number of fused-ring (bicyclic) bond motifs is 1. The third-order valence-electron chi connectivity index (χ3n) is 2.74. The van der Waals surface area contributed by atoms with Crippen molar-refractivity contribution < 1.29 is 9.32 Å². The first kappa shape index (κ1) is 12.6. The van der Waals surface area contributed by atoms with Gasteiger partial charge >= 0.3 is 0 Å². The molecule has 6 nitrogen and oxygen atoms in total. The number of amides is 1. The van der Waals surface area contributed by atoms with Crippen LogP contribution in [-0.4, -0.2) is 21.0 Å². The van der Waals surface area contributed by atoms with Crippen molar-refractivity contribution >= 4 is 28.3 Å². The van der Waals surface area contributed by atoms with Crippen molar-refractivity contribution in [2.24, 2.45) is 0 Å². The summed E-state index contributed by atoms with van der Waals surface area (Å²) in [7, 11) is 0. The molecule has 0 saturated heterocycles. The van der Waals surface area contributed by atoms with Gasteiger partial charge in [0.25, 0.3) is 5.91 Å². The van der Waals surface area contributed by atoms with Crippen LogP contribution in [0, 0.1) is 0 Å². The molecule has 0 aliphatic heterocycles. The average Bonchev–Trinajstić information content (AvgIpc) is 2.98. The molecule has 7 heteroatoms. The van der Waals surface area contributed by atoms with Gasteiger partial charge in [0.2, 0.25) is 6.39 Å². The van der Waals surface area contributed by atoms with Gasteiger partial charge in [-0.3, -0.25) is 4.79 Å². The fourth-order valence-electron chi connectivity index (χ4n) is 1.79. The zero-order valence-corrected chi connectivity index (χ0v) is 11.0. The van der Waals surface area contributed by atoms with Crippen LogP contribution in [0.2, 0.25) is 5.15 Å². The molecule has 0 atom stereocenters. The van der Waals surface area contributed by atoms with Crippen LogP contribution in [0.15, 0.2) is 41.2 Å². The third kappa shape index (κ3) is 2.46. The fraction of sp³-hybridized carbons (Fsp3) is 0.0769. The lowest BCUT2D eigenvalue weighted by molar-refractivity contribution is 0.0945. The van der Waals surface area contributed by atoms with Gasteiger partial charge in [0.15, 0.2) is 5.82 Å². The lowest BCUT2D eigenvalue weighted by Gasteiger charge is -2.05. The van der Waals surface area contributed by atoms with E-state index in [4.69, 9.17) is 11.6 Å². The van der Waals surface area contributed by atoms with Crippen LogP contribution in [-0.2, 0) is 6.54 Å². The Morgan fingerprint density at radius 1 is 1.35 bits per heavy atom. The van der Waals surface area contributed by atoms with E-state index in [1.807, 2.05) is 24.3 Å². The van der Waals surface area contributed by atoms with Gasteiger partial charge in [-0.25, -0.2) is 4.98 Å². The third-order valence-corrected chi connectivity index (χ3v) is 3.03. The number of benzene rings is 1. The number of aromatic nitrogens is 3. The van der Waals surface area contributed by atoms with Gasteiger partial charge in [0, 0.05) is 5.39 Å². The zero-order chi connectivity index (χ0) is 13.9.